The summed E-state index contributed by atoms with van der Waals surface area (Å²) in [6.45, 7) is 2.93. The summed E-state index contributed by atoms with van der Waals surface area (Å²) in [6.07, 6.45) is 5.19. The Morgan fingerprint density at radius 2 is 2.14 bits per heavy atom. The Balaban J connectivity index is 2.33. The smallest absolute Gasteiger partial charge is 0.0266 e. The first-order valence-electron chi connectivity index (χ1n) is 5.33. The average molecular weight is 236 g/mol. The van der Waals surface area contributed by atoms with E-state index in [1.807, 2.05) is 6.92 Å². The quantitative estimate of drug-likeness (QED) is 0.736. The van der Waals surface area contributed by atoms with Crippen molar-refractivity contribution in [3.05, 3.63) is 11.1 Å². The van der Waals surface area contributed by atoms with Crippen LogP contribution >= 0.6 is 23.2 Å². The number of halogens is 2. The highest BCUT2D eigenvalue weighted by molar-refractivity contribution is 6.25. The predicted molar refractivity (Wildman–Crippen MR) is 64.1 cm³/mol. The van der Waals surface area contributed by atoms with Gasteiger partial charge in [-0.15, -0.1) is 11.6 Å². The minimum Gasteiger partial charge on any atom is -0.310 e. The standard InChI is InChI=1S/C11H19Cl2N/c1-9(6-12)8-14-11-5-3-2-4-10(11)7-13/h6,10-11,14H,2-5,7-8H2,1H3. The molecule has 0 amide bonds. The van der Waals surface area contributed by atoms with Gasteiger partial charge in [0.15, 0.2) is 0 Å². The average Bonchev–Trinajstić information content (AvgIpc) is 2.26. The maximum atomic E-state index is 5.94. The molecule has 0 aromatic heterocycles. The zero-order valence-corrected chi connectivity index (χ0v) is 10.2. The Labute approximate surface area is 96.8 Å². The first-order chi connectivity index (χ1) is 6.77. The molecule has 0 heterocycles. The van der Waals surface area contributed by atoms with E-state index in [0.29, 0.717) is 12.0 Å². The molecule has 0 aliphatic heterocycles. The predicted octanol–water partition coefficient (Wildman–Crippen LogP) is 3.52. The highest BCUT2D eigenvalue weighted by atomic mass is 35.5. The van der Waals surface area contributed by atoms with Crippen molar-refractivity contribution in [2.24, 2.45) is 5.92 Å². The zero-order valence-electron chi connectivity index (χ0n) is 8.73. The van der Waals surface area contributed by atoms with Gasteiger partial charge in [-0.05, 0) is 31.3 Å². The number of rotatable bonds is 4. The van der Waals surface area contributed by atoms with Crippen LogP contribution < -0.4 is 5.32 Å². The van der Waals surface area contributed by atoms with Crippen LogP contribution in [0.15, 0.2) is 11.1 Å². The molecule has 0 bridgehead atoms. The first kappa shape index (κ1) is 12.4. The Bertz CT molecular complexity index is 192. The molecule has 1 N–H and O–H groups in total. The molecule has 14 heavy (non-hydrogen) atoms. The highest BCUT2D eigenvalue weighted by Crippen LogP contribution is 2.25. The summed E-state index contributed by atoms with van der Waals surface area (Å²) >= 11 is 11.6. The fourth-order valence-electron chi connectivity index (χ4n) is 1.99. The number of hydrogen-bond donors (Lipinski definition) is 1. The second-order valence-electron chi connectivity index (χ2n) is 4.14. The van der Waals surface area contributed by atoms with Gasteiger partial charge in [-0.2, -0.15) is 0 Å². The van der Waals surface area contributed by atoms with Gasteiger partial charge >= 0.3 is 0 Å². The molecular formula is C11H19Cl2N. The van der Waals surface area contributed by atoms with E-state index in [9.17, 15) is 0 Å². The molecule has 2 atom stereocenters. The SMILES string of the molecule is CC(=CCl)CNC1CCCCC1CCl. The molecule has 1 aliphatic carbocycles. The normalized spacial score (nSPS) is 29.2. The third kappa shape index (κ3) is 3.80. The van der Waals surface area contributed by atoms with E-state index in [4.69, 9.17) is 23.2 Å². The van der Waals surface area contributed by atoms with Crippen molar-refractivity contribution >= 4 is 23.2 Å². The molecule has 1 fully saturated rings. The Hall–Kier alpha value is 0.280. The van der Waals surface area contributed by atoms with Gasteiger partial charge in [0.05, 0.1) is 0 Å². The molecule has 1 saturated carbocycles. The molecule has 1 nitrogen and oxygen atoms in total. The van der Waals surface area contributed by atoms with Crippen LogP contribution in [0.2, 0.25) is 0 Å². The van der Waals surface area contributed by atoms with Crippen LogP contribution in [-0.4, -0.2) is 18.5 Å². The molecular weight excluding hydrogens is 217 g/mol. The second kappa shape index (κ2) is 6.71. The van der Waals surface area contributed by atoms with Crippen molar-refractivity contribution in [2.75, 3.05) is 12.4 Å². The maximum absolute atomic E-state index is 5.94. The maximum Gasteiger partial charge on any atom is 0.0266 e. The Morgan fingerprint density at radius 1 is 1.43 bits per heavy atom. The van der Waals surface area contributed by atoms with Crippen LogP contribution in [0, 0.1) is 5.92 Å². The topological polar surface area (TPSA) is 12.0 Å². The van der Waals surface area contributed by atoms with Crippen LogP contribution in [-0.2, 0) is 0 Å². The number of hydrogen-bond acceptors (Lipinski definition) is 1. The molecule has 0 spiro atoms. The van der Waals surface area contributed by atoms with Gasteiger partial charge < -0.3 is 5.32 Å². The van der Waals surface area contributed by atoms with Gasteiger partial charge in [-0.1, -0.05) is 24.4 Å². The van der Waals surface area contributed by atoms with Gasteiger partial charge in [0, 0.05) is 24.0 Å². The van der Waals surface area contributed by atoms with Crippen LogP contribution in [0.25, 0.3) is 0 Å². The third-order valence-corrected chi connectivity index (χ3v) is 3.71. The fourth-order valence-corrected chi connectivity index (χ4v) is 2.44. The summed E-state index contributed by atoms with van der Waals surface area (Å²) in [5.41, 5.74) is 2.83. The monoisotopic (exact) mass is 235 g/mol. The van der Waals surface area contributed by atoms with Crippen LogP contribution in [0.5, 0.6) is 0 Å². The van der Waals surface area contributed by atoms with Crippen molar-refractivity contribution in [1.82, 2.24) is 5.32 Å². The molecule has 1 aliphatic rings. The molecule has 0 radical (unpaired) electrons. The number of nitrogens with one attached hydrogen (secondary N) is 1. The van der Waals surface area contributed by atoms with Gasteiger partial charge in [-0.25, -0.2) is 0 Å². The molecule has 82 valence electrons. The summed E-state index contributed by atoms with van der Waals surface area (Å²) in [4.78, 5) is 0. The Kier molecular flexibility index (Phi) is 5.92. The van der Waals surface area contributed by atoms with E-state index in [1.54, 1.807) is 5.54 Å². The van der Waals surface area contributed by atoms with Gasteiger partial charge in [0.2, 0.25) is 0 Å². The molecule has 1 rings (SSSR count). The highest BCUT2D eigenvalue weighted by Gasteiger charge is 2.23. The molecule has 0 saturated heterocycles. The van der Waals surface area contributed by atoms with E-state index >= 15 is 0 Å². The summed E-state index contributed by atoms with van der Waals surface area (Å²) in [7, 11) is 0. The van der Waals surface area contributed by atoms with Crippen LogP contribution in [0.4, 0.5) is 0 Å². The van der Waals surface area contributed by atoms with Crippen molar-refractivity contribution in [2.45, 2.75) is 38.6 Å². The van der Waals surface area contributed by atoms with Crippen molar-refractivity contribution in [3.8, 4) is 0 Å². The second-order valence-corrected chi connectivity index (χ2v) is 4.67. The van der Waals surface area contributed by atoms with Crippen molar-refractivity contribution in [3.63, 3.8) is 0 Å². The van der Waals surface area contributed by atoms with Crippen molar-refractivity contribution in [1.29, 1.82) is 0 Å². The lowest BCUT2D eigenvalue weighted by atomic mass is 9.86. The van der Waals surface area contributed by atoms with E-state index in [0.717, 1.165) is 12.4 Å². The lowest BCUT2D eigenvalue weighted by molar-refractivity contribution is 0.290. The van der Waals surface area contributed by atoms with Crippen molar-refractivity contribution < 1.29 is 0 Å². The largest absolute Gasteiger partial charge is 0.310 e. The lowest BCUT2D eigenvalue weighted by Gasteiger charge is -2.31. The fraction of sp³-hybridized carbons (Fsp3) is 0.818. The van der Waals surface area contributed by atoms with Crippen LogP contribution in [0.3, 0.4) is 0 Å². The van der Waals surface area contributed by atoms with Gasteiger partial charge in [-0.3, -0.25) is 0 Å². The molecule has 0 aromatic carbocycles. The van der Waals surface area contributed by atoms with E-state index in [1.165, 1.54) is 31.3 Å². The first-order valence-corrected chi connectivity index (χ1v) is 6.30. The summed E-state index contributed by atoms with van der Waals surface area (Å²) in [5.74, 6) is 1.43. The van der Waals surface area contributed by atoms with Gasteiger partial charge in [0.1, 0.15) is 0 Å². The van der Waals surface area contributed by atoms with E-state index in [-0.39, 0.29) is 0 Å². The summed E-state index contributed by atoms with van der Waals surface area (Å²) < 4.78 is 0. The van der Waals surface area contributed by atoms with E-state index < -0.39 is 0 Å². The molecule has 2 unspecified atom stereocenters. The lowest BCUT2D eigenvalue weighted by Crippen LogP contribution is -2.40. The van der Waals surface area contributed by atoms with E-state index in [2.05, 4.69) is 5.32 Å². The van der Waals surface area contributed by atoms with Gasteiger partial charge in [0.25, 0.3) is 0 Å². The summed E-state index contributed by atoms with van der Waals surface area (Å²) in [6, 6.07) is 0.591. The Morgan fingerprint density at radius 3 is 2.79 bits per heavy atom. The minimum atomic E-state index is 0.591. The molecule has 0 aromatic rings. The zero-order chi connectivity index (χ0) is 10.4. The number of alkyl halides is 1. The molecule has 3 heteroatoms. The van der Waals surface area contributed by atoms with Crippen LogP contribution in [0.1, 0.15) is 32.6 Å². The summed E-state index contributed by atoms with van der Waals surface area (Å²) in [5, 5.41) is 3.54. The minimum absolute atomic E-state index is 0.591. The third-order valence-electron chi connectivity index (χ3n) is 2.94.